The number of carbonyl (C=O) groups excluding carboxylic acids is 2. The molecule has 2 saturated heterocycles. The monoisotopic (exact) mass is 422 g/mol. The number of piperazine rings is 1. The van der Waals surface area contributed by atoms with E-state index in [2.05, 4.69) is 9.88 Å². The van der Waals surface area contributed by atoms with E-state index in [1.54, 1.807) is 24.0 Å². The smallest absolute Gasteiger partial charge is 0.228 e. The van der Waals surface area contributed by atoms with Gasteiger partial charge in [-0.1, -0.05) is 0 Å². The van der Waals surface area contributed by atoms with Crippen LogP contribution in [0, 0.1) is 18.7 Å². The van der Waals surface area contributed by atoms with Crippen LogP contribution >= 0.6 is 0 Å². The molecule has 31 heavy (non-hydrogen) atoms. The van der Waals surface area contributed by atoms with E-state index in [0.717, 1.165) is 11.4 Å². The van der Waals surface area contributed by atoms with Crippen molar-refractivity contribution in [1.29, 1.82) is 0 Å². The van der Waals surface area contributed by atoms with Crippen molar-refractivity contribution in [2.75, 3.05) is 42.5 Å². The second kappa shape index (κ2) is 7.68. The Balaban J connectivity index is 1.23. The molecule has 2 amide bonds. The Bertz CT molecular complexity index is 1140. The highest BCUT2D eigenvalue weighted by atomic mass is 19.1. The van der Waals surface area contributed by atoms with E-state index in [-0.39, 0.29) is 30.0 Å². The zero-order valence-electron chi connectivity index (χ0n) is 17.3. The fraction of sp³-hybridized carbons (Fsp3) is 0.348. The molecule has 8 heteroatoms. The third-order valence-corrected chi connectivity index (χ3v) is 6.05. The van der Waals surface area contributed by atoms with Crippen LogP contribution in [-0.2, 0) is 9.59 Å². The Morgan fingerprint density at radius 2 is 1.77 bits per heavy atom. The van der Waals surface area contributed by atoms with Crippen LogP contribution < -0.4 is 9.80 Å². The van der Waals surface area contributed by atoms with E-state index in [1.807, 2.05) is 23.1 Å². The first-order valence-corrected chi connectivity index (χ1v) is 10.4. The fourth-order valence-electron chi connectivity index (χ4n) is 4.42. The van der Waals surface area contributed by atoms with Crippen molar-refractivity contribution in [3.8, 4) is 0 Å². The van der Waals surface area contributed by atoms with Gasteiger partial charge in [-0.25, -0.2) is 9.37 Å². The average molecular weight is 422 g/mol. The van der Waals surface area contributed by atoms with Gasteiger partial charge in [0.1, 0.15) is 11.3 Å². The van der Waals surface area contributed by atoms with Gasteiger partial charge in [0.2, 0.25) is 11.8 Å². The van der Waals surface area contributed by atoms with Crippen LogP contribution in [0.3, 0.4) is 0 Å². The van der Waals surface area contributed by atoms with Crippen molar-refractivity contribution in [3.63, 3.8) is 0 Å². The Kier molecular flexibility index (Phi) is 4.84. The molecule has 0 radical (unpaired) electrons. The minimum Gasteiger partial charge on any atom is -0.441 e. The standard InChI is InChI=1S/C23H23FN4O3/c1-15-25-20-13-19(6-7-21(20)31-15)28-14-16(12-22(28)29)23(30)27-10-8-26(9-11-27)18-4-2-17(24)3-5-18/h2-7,13,16H,8-12,14H2,1H3/t16-/m0/s1. The molecule has 0 spiro atoms. The van der Waals surface area contributed by atoms with E-state index in [0.29, 0.717) is 49.7 Å². The summed E-state index contributed by atoms with van der Waals surface area (Å²) in [6, 6.07) is 11.9. The zero-order chi connectivity index (χ0) is 21.5. The van der Waals surface area contributed by atoms with Gasteiger partial charge in [0.05, 0.1) is 5.92 Å². The van der Waals surface area contributed by atoms with Crippen LogP contribution in [0.2, 0.25) is 0 Å². The van der Waals surface area contributed by atoms with Crippen molar-refractivity contribution >= 4 is 34.3 Å². The maximum atomic E-state index is 13.1. The van der Waals surface area contributed by atoms with Crippen molar-refractivity contribution in [2.45, 2.75) is 13.3 Å². The first kappa shape index (κ1) is 19.5. The number of oxazole rings is 1. The molecule has 0 bridgehead atoms. The van der Waals surface area contributed by atoms with Gasteiger partial charge >= 0.3 is 0 Å². The number of nitrogens with zero attached hydrogens (tertiary/aromatic N) is 4. The van der Waals surface area contributed by atoms with Gasteiger partial charge in [-0.05, 0) is 42.5 Å². The molecular weight excluding hydrogens is 399 g/mol. The van der Waals surface area contributed by atoms with Gasteiger partial charge in [-0.3, -0.25) is 9.59 Å². The van der Waals surface area contributed by atoms with E-state index < -0.39 is 0 Å². The van der Waals surface area contributed by atoms with Crippen LogP contribution in [0.1, 0.15) is 12.3 Å². The predicted molar refractivity (Wildman–Crippen MR) is 114 cm³/mol. The molecule has 0 N–H and O–H groups in total. The summed E-state index contributed by atoms with van der Waals surface area (Å²) in [5, 5.41) is 0. The Labute approximate surface area is 179 Å². The molecule has 1 aromatic heterocycles. The van der Waals surface area contributed by atoms with Gasteiger partial charge < -0.3 is 19.1 Å². The lowest BCUT2D eigenvalue weighted by atomic mass is 10.1. The van der Waals surface area contributed by atoms with Crippen LogP contribution in [0.25, 0.3) is 11.1 Å². The van der Waals surface area contributed by atoms with Crippen LogP contribution in [-0.4, -0.2) is 54.4 Å². The van der Waals surface area contributed by atoms with Crippen molar-refractivity contribution < 1.29 is 18.4 Å². The summed E-state index contributed by atoms with van der Waals surface area (Å²) in [6.07, 6.45) is 0.215. The third-order valence-electron chi connectivity index (χ3n) is 6.05. The van der Waals surface area contributed by atoms with E-state index >= 15 is 0 Å². The van der Waals surface area contributed by atoms with Gasteiger partial charge in [0.15, 0.2) is 11.5 Å². The molecule has 2 fully saturated rings. The fourth-order valence-corrected chi connectivity index (χ4v) is 4.42. The molecule has 2 aliphatic heterocycles. The molecule has 7 nitrogen and oxygen atoms in total. The molecule has 5 rings (SSSR count). The molecule has 0 aliphatic carbocycles. The van der Waals surface area contributed by atoms with E-state index in [1.165, 1.54) is 12.1 Å². The quantitative estimate of drug-likeness (QED) is 0.649. The molecule has 2 aromatic carbocycles. The van der Waals surface area contributed by atoms with E-state index in [4.69, 9.17) is 4.42 Å². The van der Waals surface area contributed by atoms with Crippen molar-refractivity contribution in [2.24, 2.45) is 5.92 Å². The minimum atomic E-state index is -0.348. The number of anilines is 2. The second-order valence-corrected chi connectivity index (χ2v) is 8.08. The summed E-state index contributed by atoms with van der Waals surface area (Å²) in [5.41, 5.74) is 3.07. The van der Waals surface area contributed by atoms with Crippen LogP contribution in [0.5, 0.6) is 0 Å². The van der Waals surface area contributed by atoms with E-state index in [9.17, 15) is 14.0 Å². The van der Waals surface area contributed by atoms with Gasteiger partial charge in [0.25, 0.3) is 0 Å². The maximum Gasteiger partial charge on any atom is 0.228 e. The summed E-state index contributed by atoms with van der Waals surface area (Å²) in [4.78, 5) is 35.7. The molecule has 3 heterocycles. The second-order valence-electron chi connectivity index (χ2n) is 8.08. The topological polar surface area (TPSA) is 69.9 Å². The maximum absolute atomic E-state index is 13.1. The van der Waals surface area contributed by atoms with Gasteiger partial charge in [-0.2, -0.15) is 0 Å². The highest BCUT2D eigenvalue weighted by Gasteiger charge is 2.38. The summed E-state index contributed by atoms with van der Waals surface area (Å²) < 4.78 is 18.6. The Morgan fingerprint density at radius 1 is 1.06 bits per heavy atom. The molecular formula is C23H23FN4O3. The number of amides is 2. The number of carbonyl (C=O) groups is 2. The minimum absolute atomic E-state index is 0.0213. The molecule has 0 unspecified atom stereocenters. The summed E-state index contributed by atoms with van der Waals surface area (Å²) in [7, 11) is 0. The molecule has 160 valence electrons. The largest absolute Gasteiger partial charge is 0.441 e. The van der Waals surface area contributed by atoms with Gasteiger partial charge in [-0.15, -0.1) is 0 Å². The molecule has 0 saturated carbocycles. The summed E-state index contributed by atoms with van der Waals surface area (Å²) >= 11 is 0. The highest BCUT2D eigenvalue weighted by Crippen LogP contribution is 2.29. The molecule has 3 aromatic rings. The van der Waals surface area contributed by atoms with Crippen LogP contribution in [0.4, 0.5) is 15.8 Å². The highest BCUT2D eigenvalue weighted by molar-refractivity contribution is 6.01. The number of hydrogen-bond donors (Lipinski definition) is 0. The lowest BCUT2D eigenvalue weighted by Gasteiger charge is -2.37. The number of aryl methyl sites for hydroxylation is 1. The number of fused-ring (bicyclic) bond motifs is 1. The van der Waals surface area contributed by atoms with Crippen molar-refractivity contribution in [1.82, 2.24) is 9.88 Å². The number of halogens is 1. The number of benzene rings is 2. The number of hydrogen-bond acceptors (Lipinski definition) is 5. The lowest BCUT2D eigenvalue weighted by Crippen LogP contribution is -2.50. The van der Waals surface area contributed by atoms with Gasteiger partial charge in [0, 0.05) is 57.4 Å². The Morgan fingerprint density at radius 3 is 2.52 bits per heavy atom. The first-order valence-electron chi connectivity index (χ1n) is 10.4. The number of aromatic nitrogens is 1. The lowest BCUT2D eigenvalue weighted by molar-refractivity contribution is -0.136. The predicted octanol–water partition coefficient (Wildman–Crippen LogP) is 2.98. The average Bonchev–Trinajstić information content (AvgIpc) is 3.35. The van der Waals surface area contributed by atoms with Crippen LogP contribution in [0.15, 0.2) is 46.9 Å². The normalized spacial score (nSPS) is 19.5. The third kappa shape index (κ3) is 3.73. The first-order chi connectivity index (χ1) is 15.0. The molecule has 2 aliphatic rings. The zero-order valence-corrected chi connectivity index (χ0v) is 17.3. The summed E-state index contributed by atoms with van der Waals surface area (Å²) in [6.45, 7) is 4.70. The SMILES string of the molecule is Cc1nc2cc(N3C[C@@H](C(=O)N4CCN(c5ccc(F)cc5)CC4)CC3=O)ccc2o1. The Hall–Kier alpha value is -3.42. The molecule has 1 atom stereocenters. The summed E-state index contributed by atoms with van der Waals surface area (Å²) in [5.74, 6) is -0.0611. The number of rotatable bonds is 3. The van der Waals surface area contributed by atoms with Crippen molar-refractivity contribution in [3.05, 3.63) is 54.2 Å².